The summed E-state index contributed by atoms with van der Waals surface area (Å²) >= 11 is 0. The zero-order valence-electron chi connectivity index (χ0n) is 10.7. The zero-order valence-corrected chi connectivity index (χ0v) is 10.7. The molecule has 0 saturated heterocycles. The molecule has 2 aromatic rings. The van der Waals surface area contributed by atoms with Gasteiger partial charge >= 0.3 is 0 Å². The van der Waals surface area contributed by atoms with E-state index in [-0.39, 0.29) is 11.3 Å². The number of hydrogen-bond donors (Lipinski definition) is 2. The molecule has 20 heavy (non-hydrogen) atoms. The van der Waals surface area contributed by atoms with E-state index in [4.69, 9.17) is 5.73 Å². The van der Waals surface area contributed by atoms with E-state index in [1.165, 1.54) is 24.4 Å². The number of carbonyl (C=O) groups is 1. The Morgan fingerprint density at radius 2 is 2.10 bits per heavy atom. The van der Waals surface area contributed by atoms with Crippen LogP contribution in [-0.2, 0) is 0 Å². The fourth-order valence-corrected chi connectivity index (χ4v) is 1.63. The van der Waals surface area contributed by atoms with Crippen LogP contribution in [0, 0.1) is 17.0 Å². The Morgan fingerprint density at radius 1 is 1.35 bits per heavy atom. The first kappa shape index (κ1) is 13.5. The normalized spacial score (nSPS) is 10.1. The fraction of sp³-hybridized carbons (Fsp3) is 0.0769. The Hall–Kier alpha value is -2.96. The second kappa shape index (κ2) is 5.35. The third-order valence-corrected chi connectivity index (χ3v) is 2.71. The molecule has 102 valence electrons. The number of aromatic nitrogens is 1. The summed E-state index contributed by atoms with van der Waals surface area (Å²) in [4.78, 5) is 26.2. The Kier molecular flexibility index (Phi) is 3.60. The van der Waals surface area contributed by atoms with E-state index >= 15 is 0 Å². The number of benzene rings is 1. The lowest BCUT2D eigenvalue weighted by atomic mass is 10.1. The van der Waals surface area contributed by atoms with Crippen molar-refractivity contribution in [3.8, 4) is 0 Å². The summed E-state index contributed by atoms with van der Waals surface area (Å²) < 4.78 is 0. The van der Waals surface area contributed by atoms with Gasteiger partial charge < -0.3 is 11.1 Å². The van der Waals surface area contributed by atoms with Crippen LogP contribution in [0.15, 0.2) is 36.5 Å². The lowest BCUT2D eigenvalue weighted by Gasteiger charge is -2.06. The minimum absolute atomic E-state index is 0.0897. The molecular formula is C13H12N4O3. The van der Waals surface area contributed by atoms with Crippen LogP contribution in [0.4, 0.5) is 17.2 Å². The number of pyridine rings is 1. The summed E-state index contributed by atoms with van der Waals surface area (Å²) in [5.74, 6) is -0.103. The number of nitrogens with two attached hydrogens (primary N) is 1. The van der Waals surface area contributed by atoms with Crippen molar-refractivity contribution in [2.75, 3.05) is 11.1 Å². The number of aryl methyl sites for hydroxylation is 1. The van der Waals surface area contributed by atoms with E-state index in [1.54, 1.807) is 19.1 Å². The molecule has 0 aliphatic carbocycles. The molecule has 1 heterocycles. The van der Waals surface area contributed by atoms with E-state index in [9.17, 15) is 14.9 Å². The van der Waals surface area contributed by atoms with Gasteiger partial charge in [-0.25, -0.2) is 4.98 Å². The maximum Gasteiger partial charge on any atom is 0.273 e. The molecule has 7 heteroatoms. The molecule has 3 N–H and O–H groups in total. The smallest absolute Gasteiger partial charge is 0.273 e. The predicted octanol–water partition coefficient (Wildman–Crippen LogP) is 2.13. The number of carbonyl (C=O) groups excluding carboxylic acids is 1. The van der Waals surface area contributed by atoms with Gasteiger partial charge in [0.1, 0.15) is 5.82 Å². The van der Waals surface area contributed by atoms with Gasteiger partial charge in [0.15, 0.2) is 0 Å². The third kappa shape index (κ3) is 2.89. The monoisotopic (exact) mass is 272 g/mol. The van der Waals surface area contributed by atoms with E-state index in [0.29, 0.717) is 17.1 Å². The van der Waals surface area contributed by atoms with Gasteiger partial charge in [-0.15, -0.1) is 0 Å². The minimum atomic E-state index is -0.517. The van der Waals surface area contributed by atoms with Crippen molar-refractivity contribution in [1.82, 2.24) is 4.98 Å². The minimum Gasteiger partial charge on any atom is -0.384 e. The van der Waals surface area contributed by atoms with Gasteiger partial charge in [-0.3, -0.25) is 14.9 Å². The van der Waals surface area contributed by atoms with E-state index < -0.39 is 10.8 Å². The van der Waals surface area contributed by atoms with Gasteiger partial charge in [0.2, 0.25) is 0 Å². The topological polar surface area (TPSA) is 111 Å². The Bertz CT molecular complexity index is 668. The van der Waals surface area contributed by atoms with Crippen molar-refractivity contribution in [2.45, 2.75) is 6.92 Å². The number of nitro benzene ring substituents is 1. The van der Waals surface area contributed by atoms with Crippen LogP contribution in [0.3, 0.4) is 0 Å². The Labute approximate surface area is 114 Å². The largest absolute Gasteiger partial charge is 0.384 e. The van der Waals surface area contributed by atoms with Gasteiger partial charge in [0, 0.05) is 17.2 Å². The highest BCUT2D eigenvalue weighted by atomic mass is 16.6. The molecule has 0 fully saturated rings. The van der Waals surface area contributed by atoms with E-state index in [0.717, 1.165) is 0 Å². The third-order valence-electron chi connectivity index (χ3n) is 2.71. The van der Waals surface area contributed by atoms with Gasteiger partial charge in [-0.2, -0.15) is 0 Å². The summed E-state index contributed by atoms with van der Waals surface area (Å²) in [6.07, 6.45) is 1.41. The first-order valence-electron chi connectivity index (χ1n) is 5.75. The lowest BCUT2D eigenvalue weighted by molar-refractivity contribution is -0.385. The van der Waals surface area contributed by atoms with Crippen molar-refractivity contribution in [2.24, 2.45) is 0 Å². The molecule has 0 atom stereocenters. The van der Waals surface area contributed by atoms with Crippen LogP contribution in [0.1, 0.15) is 15.9 Å². The van der Waals surface area contributed by atoms with Gasteiger partial charge in [-0.05, 0) is 25.1 Å². The van der Waals surface area contributed by atoms with Crippen LogP contribution in [0.25, 0.3) is 0 Å². The number of amides is 1. The second-order valence-corrected chi connectivity index (χ2v) is 4.18. The molecule has 0 spiro atoms. The summed E-state index contributed by atoms with van der Waals surface area (Å²) in [5.41, 5.74) is 6.52. The quantitative estimate of drug-likeness (QED) is 0.656. The highest BCUT2D eigenvalue weighted by Crippen LogP contribution is 2.20. The molecule has 1 aromatic carbocycles. The number of nitrogens with zero attached hydrogens (tertiary/aromatic N) is 2. The van der Waals surface area contributed by atoms with Crippen LogP contribution in [0.5, 0.6) is 0 Å². The second-order valence-electron chi connectivity index (χ2n) is 4.18. The van der Waals surface area contributed by atoms with Crippen LogP contribution >= 0.6 is 0 Å². The van der Waals surface area contributed by atoms with Crippen molar-refractivity contribution in [1.29, 1.82) is 0 Å². The van der Waals surface area contributed by atoms with Crippen LogP contribution < -0.4 is 11.1 Å². The molecule has 0 aliphatic rings. The van der Waals surface area contributed by atoms with Crippen LogP contribution in [-0.4, -0.2) is 15.8 Å². The lowest BCUT2D eigenvalue weighted by Crippen LogP contribution is -2.12. The van der Waals surface area contributed by atoms with Crippen molar-refractivity contribution < 1.29 is 9.72 Å². The summed E-state index contributed by atoms with van der Waals surface area (Å²) in [5, 5.41) is 13.4. The number of nitrogens with one attached hydrogen (secondary N) is 1. The number of nitrogen functional groups attached to an aromatic ring is 1. The SMILES string of the molecule is Cc1ccc(C(=O)Nc2ccc(N)nc2)cc1[N+](=O)[O-]. The number of nitro groups is 1. The summed E-state index contributed by atoms with van der Waals surface area (Å²) in [7, 11) is 0. The number of rotatable bonds is 3. The fourth-order valence-electron chi connectivity index (χ4n) is 1.63. The average Bonchev–Trinajstić information content (AvgIpc) is 2.41. The van der Waals surface area contributed by atoms with E-state index in [2.05, 4.69) is 10.3 Å². The highest BCUT2D eigenvalue weighted by Gasteiger charge is 2.15. The zero-order chi connectivity index (χ0) is 14.7. The first-order chi connectivity index (χ1) is 9.47. The predicted molar refractivity (Wildman–Crippen MR) is 74.4 cm³/mol. The average molecular weight is 272 g/mol. The van der Waals surface area contributed by atoms with E-state index in [1.807, 2.05) is 0 Å². The maximum atomic E-state index is 12.0. The number of anilines is 2. The molecule has 7 nitrogen and oxygen atoms in total. The molecule has 1 amide bonds. The molecule has 2 rings (SSSR count). The maximum absolute atomic E-state index is 12.0. The van der Waals surface area contributed by atoms with Crippen molar-refractivity contribution >= 4 is 23.1 Å². The molecule has 0 aliphatic heterocycles. The van der Waals surface area contributed by atoms with Gasteiger partial charge in [0.25, 0.3) is 11.6 Å². The molecule has 0 bridgehead atoms. The number of hydrogen-bond acceptors (Lipinski definition) is 5. The molecule has 0 unspecified atom stereocenters. The molecule has 0 radical (unpaired) electrons. The highest BCUT2D eigenvalue weighted by molar-refractivity contribution is 6.04. The standard InChI is InChI=1S/C13H12N4O3/c1-8-2-3-9(6-11(8)17(19)20)13(18)16-10-4-5-12(14)15-7-10/h2-7H,1H3,(H2,14,15)(H,16,18). The summed E-state index contributed by atoms with van der Waals surface area (Å²) in [6.45, 7) is 1.61. The van der Waals surface area contributed by atoms with Gasteiger partial charge in [-0.1, -0.05) is 6.07 Å². The Balaban J connectivity index is 2.23. The molecule has 0 saturated carbocycles. The Morgan fingerprint density at radius 3 is 2.70 bits per heavy atom. The molecule has 1 aromatic heterocycles. The summed E-state index contributed by atoms with van der Waals surface area (Å²) in [6, 6.07) is 7.46. The molecular weight excluding hydrogens is 260 g/mol. The van der Waals surface area contributed by atoms with Gasteiger partial charge in [0.05, 0.1) is 16.8 Å². The van der Waals surface area contributed by atoms with Crippen molar-refractivity contribution in [3.05, 3.63) is 57.8 Å². The first-order valence-corrected chi connectivity index (χ1v) is 5.75. The van der Waals surface area contributed by atoms with Crippen LogP contribution in [0.2, 0.25) is 0 Å². The van der Waals surface area contributed by atoms with Crippen molar-refractivity contribution in [3.63, 3.8) is 0 Å².